The third kappa shape index (κ3) is 7.49. The lowest BCUT2D eigenvalue weighted by molar-refractivity contribution is 0.0792. The van der Waals surface area contributed by atoms with Crippen LogP contribution in [0.15, 0.2) is 91.2 Å². The van der Waals surface area contributed by atoms with Crippen LogP contribution >= 0.6 is 0 Å². The van der Waals surface area contributed by atoms with Gasteiger partial charge in [0.2, 0.25) is 0 Å². The van der Waals surface area contributed by atoms with Crippen LogP contribution in [0.2, 0.25) is 0 Å². The number of allylic oxidation sites excluding steroid dienone is 3. The number of anilines is 1. The van der Waals surface area contributed by atoms with Crippen molar-refractivity contribution in [2.24, 2.45) is 0 Å². The SMILES string of the molecule is C=C(CCCCN(C)C(=O)c1ccc(NC(=O)c2cc(-c3cccnc3)nc3c(C)cc(C)cc23)cc1)O/C(C)=C\C. The lowest BCUT2D eigenvalue weighted by atomic mass is 9.99. The van der Waals surface area contributed by atoms with E-state index in [-0.39, 0.29) is 11.8 Å². The highest BCUT2D eigenvalue weighted by molar-refractivity contribution is 6.13. The summed E-state index contributed by atoms with van der Waals surface area (Å²) in [5.41, 5.74) is 6.04. The van der Waals surface area contributed by atoms with E-state index in [2.05, 4.69) is 22.9 Å². The minimum atomic E-state index is -0.246. The molecule has 0 atom stereocenters. The van der Waals surface area contributed by atoms with Crippen LogP contribution in [0.4, 0.5) is 5.69 Å². The van der Waals surface area contributed by atoms with Gasteiger partial charge in [-0.15, -0.1) is 0 Å². The Balaban J connectivity index is 1.44. The number of ether oxygens (including phenoxy) is 1. The Labute approximate surface area is 248 Å². The molecule has 0 spiro atoms. The second-order valence-electron chi connectivity index (χ2n) is 10.5. The number of amides is 2. The molecule has 0 aliphatic heterocycles. The highest BCUT2D eigenvalue weighted by Crippen LogP contribution is 2.28. The number of carbonyl (C=O) groups excluding carboxylic acids is 2. The van der Waals surface area contributed by atoms with Crippen molar-refractivity contribution < 1.29 is 14.3 Å². The van der Waals surface area contributed by atoms with E-state index in [0.29, 0.717) is 29.1 Å². The maximum Gasteiger partial charge on any atom is 0.256 e. The molecule has 216 valence electrons. The molecule has 0 saturated carbocycles. The summed E-state index contributed by atoms with van der Waals surface area (Å²) in [6, 6.07) is 16.6. The predicted molar refractivity (Wildman–Crippen MR) is 169 cm³/mol. The summed E-state index contributed by atoms with van der Waals surface area (Å²) < 4.78 is 5.60. The zero-order valence-electron chi connectivity index (χ0n) is 25.0. The number of benzene rings is 2. The fraction of sp³-hybridized carbons (Fsp3) is 0.257. The number of hydrogen-bond acceptors (Lipinski definition) is 5. The van der Waals surface area contributed by atoms with Crippen LogP contribution in [0.3, 0.4) is 0 Å². The Kier molecular flexibility index (Phi) is 9.86. The van der Waals surface area contributed by atoms with Crippen LogP contribution < -0.4 is 5.32 Å². The van der Waals surface area contributed by atoms with Gasteiger partial charge < -0.3 is 15.0 Å². The number of rotatable bonds is 11. The lowest BCUT2D eigenvalue weighted by Gasteiger charge is -2.18. The van der Waals surface area contributed by atoms with E-state index in [1.807, 2.05) is 58.0 Å². The quantitative estimate of drug-likeness (QED) is 0.149. The number of nitrogens with zero attached hydrogens (tertiary/aromatic N) is 3. The second kappa shape index (κ2) is 13.7. The third-order valence-corrected chi connectivity index (χ3v) is 7.10. The van der Waals surface area contributed by atoms with Gasteiger partial charge in [0.1, 0.15) is 0 Å². The van der Waals surface area contributed by atoms with Gasteiger partial charge in [-0.2, -0.15) is 0 Å². The van der Waals surface area contributed by atoms with Crippen LogP contribution in [0.25, 0.3) is 22.2 Å². The van der Waals surface area contributed by atoms with E-state index in [4.69, 9.17) is 9.72 Å². The molecule has 0 unspecified atom stereocenters. The van der Waals surface area contributed by atoms with Crippen molar-refractivity contribution in [3.05, 3.63) is 113 Å². The molecule has 0 saturated heterocycles. The third-order valence-electron chi connectivity index (χ3n) is 7.10. The van der Waals surface area contributed by atoms with Crippen molar-refractivity contribution in [1.82, 2.24) is 14.9 Å². The van der Waals surface area contributed by atoms with Gasteiger partial charge in [-0.05, 0) is 101 Å². The van der Waals surface area contributed by atoms with Crippen molar-refractivity contribution in [3.8, 4) is 11.3 Å². The molecule has 2 amide bonds. The molecule has 4 aromatic rings. The fourth-order valence-electron chi connectivity index (χ4n) is 4.76. The zero-order chi connectivity index (χ0) is 30.2. The van der Waals surface area contributed by atoms with Crippen LogP contribution in [0.5, 0.6) is 0 Å². The summed E-state index contributed by atoms with van der Waals surface area (Å²) in [4.78, 5) is 37.3. The number of fused-ring (bicyclic) bond motifs is 1. The monoisotopic (exact) mass is 562 g/mol. The van der Waals surface area contributed by atoms with Gasteiger partial charge in [0.15, 0.2) is 0 Å². The highest BCUT2D eigenvalue weighted by atomic mass is 16.5. The smallest absolute Gasteiger partial charge is 0.256 e. The first kappa shape index (κ1) is 30.2. The van der Waals surface area contributed by atoms with Gasteiger partial charge >= 0.3 is 0 Å². The standard InChI is InChI=1S/C35H38N4O3/c1-7-25(4)42-26(5)11-8-9-18-39(6)35(41)27-13-15-29(16-14-27)37-34(40)31-21-32(28-12-10-17-36-22-28)38-33-24(3)19-23(2)20-30(31)33/h7,10,12-17,19-22H,5,8-9,11,18H2,1-4,6H3,(H,37,40)/b25-7-. The molecule has 42 heavy (non-hydrogen) atoms. The Morgan fingerprint density at radius 1 is 1.07 bits per heavy atom. The van der Waals surface area contributed by atoms with Crippen LogP contribution in [0.1, 0.15) is 65.0 Å². The number of carbonyl (C=O) groups is 2. The molecule has 0 aliphatic carbocycles. The van der Waals surface area contributed by atoms with Gasteiger partial charge in [0.05, 0.1) is 28.3 Å². The molecular weight excluding hydrogens is 524 g/mol. The van der Waals surface area contributed by atoms with Crippen molar-refractivity contribution in [1.29, 1.82) is 0 Å². The van der Waals surface area contributed by atoms with Gasteiger partial charge in [0.25, 0.3) is 11.8 Å². The minimum absolute atomic E-state index is 0.0695. The van der Waals surface area contributed by atoms with Crippen LogP contribution in [-0.2, 0) is 4.74 Å². The van der Waals surface area contributed by atoms with Gasteiger partial charge in [-0.25, -0.2) is 4.98 Å². The van der Waals surface area contributed by atoms with Gasteiger partial charge in [0, 0.05) is 54.6 Å². The number of aromatic nitrogens is 2. The second-order valence-corrected chi connectivity index (χ2v) is 10.5. The first-order chi connectivity index (χ1) is 20.2. The van der Waals surface area contributed by atoms with E-state index in [9.17, 15) is 9.59 Å². The molecule has 0 aliphatic rings. The number of unbranched alkanes of at least 4 members (excludes halogenated alkanes) is 1. The molecular formula is C35H38N4O3. The highest BCUT2D eigenvalue weighted by Gasteiger charge is 2.17. The Bertz CT molecular complexity index is 1630. The topological polar surface area (TPSA) is 84.4 Å². The maximum atomic E-state index is 13.6. The zero-order valence-corrected chi connectivity index (χ0v) is 25.0. The van der Waals surface area contributed by atoms with Crippen molar-refractivity contribution in [3.63, 3.8) is 0 Å². The normalized spacial score (nSPS) is 11.3. The molecule has 2 aromatic carbocycles. The number of aryl methyl sites for hydroxylation is 2. The Morgan fingerprint density at radius 2 is 1.83 bits per heavy atom. The molecule has 0 radical (unpaired) electrons. The molecule has 0 fully saturated rings. The summed E-state index contributed by atoms with van der Waals surface area (Å²) in [6.45, 7) is 12.4. The average Bonchev–Trinajstić information content (AvgIpc) is 2.99. The van der Waals surface area contributed by atoms with Crippen LogP contribution in [0, 0.1) is 13.8 Å². The van der Waals surface area contributed by atoms with E-state index < -0.39 is 0 Å². The van der Waals surface area contributed by atoms with Crippen molar-refractivity contribution in [2.45, 2.75) is 47.0 Å². The van der Waals surface area contributed by atoms with E-state index in [0.717, 1.165) is 58.4 Å². The first-order valence-corrected chi connectivity index (χ1v) is 14.1. The van der Waals surface area contributed by atoms with Crippen LogP contribution in [-0.4, -0.2) is 40.3 Å². The molecule has 1 N–H and O–H groups in total. The molecule has 7 nitrogen and oxygen atoms in total. The summed E-state index contributed by atoms with van der Waals surface area (Å²) in [6.07, 6.45) is 7.81. The summed E-state index contributed by atoms with van der Waals surface area (Å²) >= 11 is 0. The largest absolute Gasteiger partial charge is 0.467 e. The predicted octanol–water partition coefficient (Wildman–Crippen LogP) is 7.86. The minimum Gasteiger partial charge on any atom is -0.467 e. The number of nitrogens with one attached hydrogen (secondary N) is 1. The van der Waals surface area contributed by atoms with Gasteiger partial charge in [-0.3, -0.25) is 14.6 Å². The number of hydrogen-bond donors (Lipinski definition) is 1. The summed E-state index contributed by atoms with van der Waals surface area (Å²) in [5, 5.41) is 3.79. The molecule has 4 rings (SSSR count). The molecule has 2 heterocycles. The van der Waals surface area contributed by atoms with Crippen molar-refractivity contribution in [2.75, 3.05) is 18.9 Å². The molecule has 7 heteroatoms. The first-order valence-electron chi connectivity index (χ1n) is 14.1. The van der Waals surface area contributed by atoms with E-state index in [1.54, 1.807) is 48.6 Å². The fourth-order valence-corrected chi connectivity index (χ4v) is 4.76. The van der Waals surface area contributed by atoms with E-state index >= 15 is 0 Å². The molecule has 0 bridgehead atoms. The Hall–Kier alpha value is -4.78. The maximum absolute atomic E-state index is 13.6. The summed E-state index contributed by atoms with van der Waals surface area (Å²) in [5.74, 6) is 1.25. The van der Waals surface area contributed by atoms with Gasteiger partial charge in [-0.1, -0.05) is 18.2 Å². The number of pyridine rings is 2. The van der Waals surface area contributed by atoms with Crippen molar-refractivity contribution >= 4 is 28.4 Å². The Morgan fingerprint density at radius 3 is 2.52 bits per heavy atom. The van der Waals surface area contributed by atoms with E-state index in [1.165, 1.54) is 0 Å². The molecule has 2 aromatic heterocycles. The average molecular weight is 563 g/mol. The lowest BCUT2D eigenvalue weighted by Crippen LogP contribution is -2.27. The summed E-state index contributed by atoms with van der Waals surface area (Å²) in [7, 11) is 1.80.